The molecule has 0 bridgehead atoms. The molecule has 84 valence electrons. The molecule has 1 unspecified atom stereocenters. The number of anilines is 1. The third-order valence-corrected chi connectivity index (χ3v) is 2.99. The minimum atomic E-state index is 0.564. The van der Waals surface area contributed by atoms with E-state index in [9.17, 15) is 0 Å². The molecule has 1 atom stereocenters. The normalized spacial score (nSPS) is 20.6. The number of hydrogen-bond acceptors (Lipinski definition) is 4. The van der Waals surface area contributed by atoms with E-state index >= 15 is 0 Å². The van der Waals surface area contributed by atoms with Crippen molar-refractivity contribution in [3.63, 3.8) is 0 Å². The van der Waals surface area contributed by atoms with Gasteiger partial charge in [-0.2, -0.15) is 0 Å². The van der Waals surface area contributed by atoms with Crippen molar-refractivity contribution in [2.24, 2.45) is 5.92 Å². The third-order valence-electron chi connectivity index (χ3n) is 2.99. The zero-order chi connectivity index (χ0) is 11.0. The van der Waals surface area contributed by atoms with E-state index < -0.39 is 0 Å². The van der Waals surface area contributed by atoms with Gasteiger partial charge in [0.25, 0.3) is 0 Å². The molecule has 2 N–H and O–H groups in total. The van der Waals surface area contributed by atoms with Gasteiger partial charge in [-0.05, 0) is 24.5 Å². The third kappa shape index (κ3) is 1.63. The Labute approximate surface area is 93.2 Å². The molecule has 3 heterocycles. The van der Waals surface area contributed by atoms with Gasteiger partial charge in [0.15, 0.2) is 5.65 Å². The molecule has 1 aliphatic rings. The van der Waals surface area contributed by atoms with E-state index in [1.807, 2.05) is 22.7 Å². The van der Waals surface area contributed by atoms with Crippen molar-refractivity contribution in [1.82, 2.24) is 14.6 Å². The lowest BCUT2D eigenvalue weighted by Gasteiger charge is -2.05. The van der Waals surface area contributed by atoms with Gasteiger partial charge in [-0.15, -0.1) is 10.2 Å². The molecule has 0 radical (unpaired) electrons. The van der Waals surface area contributed by atoms with Gasteiger partial charge < -0.3 is 10.5 Å². The first-order valence-corrected chi connectivity index (χ1v) is 5.50. The van der Waals surface area contributed by atoms with E-state index in [1.54, 1.807) is 0 Å². The number of nitrogens with two attached hydrogens (primary N) is 1. The maximum atomic E-state index is 5.76. The number of ether oxygens (including phenoxy) is 1. The number of hydrogen-bond donors (Lipinski definition) is 1. The van der Waals surface area contributed by atoms with Crippen LogP contribution >= 0.6 is 0 Å². The molecule has 2 aromatic heterocycles. The second kappa shape index (κ2) is 3.75. The van der Waals surface area contributed by atoms with Crippen molar-refractivity contribution in [3.05, 3.63) is 24.2 Å². The minimum Gasteiger partial charge on any atom is -0.398 e. The Morgan fingerprint density at radius 3 is 3.19 bits per heavy atom. The van der Waals surface area contributed by atoms with Crippen molar-refractivity contribution in [2.75, 3.05) is 18.9 Å². The summed E-state index contributed by atoms with van der Waals surface area (Å²) in [6.45, 7) is 1.70. The van der Waals surface area contributed by atoms with Crippen LogP contribution in [-0.2, 0) is 11.2 Å². The predicted octanol–water partition coefficient (Wildman–Crippen LogP) is 0.890. The first kappa shape index (κ1) is 9.59. The maximum absolute atomic E-state index is 5.76. The molecule has 1 aliphatic heterocycles. The van der Waals surface area contributed by atoms with Crippen molar-refractivity contribution >= 4 is 11.3 Å². The van der Waals surface area contributed by atoms with Gasteiger partial charge in [0.05, 0.1) is 0 Å². The first-order chi connectivity index (χ1) is 7.83. The van der Waals surface area contributed by atoms with Crippen molar-refractivity contribution in [1.29, 1.82) is 0 Å². The van der Waals surface area contributed by atoms with Crippen LogP contribution < -0.4 is 5.73 Å². The summed E-state index contributed by atoms with van der Waals surface area (Å²) in [6.07, 6.45) is 3.89. The zero-order valence-corrected chi connectivity index (χ0v) is 8.97. The molecule has 16 heavy (non-hydrogen) atoms. The van der Waals surface area contributed by atoms with Crippen molar-refractivity contribution in [2.45, 2.75) is 12.8 Å². The predicted molar refractivity (Wildman–Crippen MR) is 60.0 cm³/mol. The molecular formula is C11H14N4O. The molecule has 0 saturated carbocycles. The summed E-state index contributed by atoms with van der Waals surface area (Å²) in [6, 6.07) is 3.73. The van der Waals surface area contributed by atoms with Crippen LogP contribution in [0.25, 0.3) is 5.65 Å². The number of nitrogen functional groups attached to an aromatic ring is 1. The van der Waals surface area contributed by atoms with Crippen LogP contribution in [0, 0.1) is 5.92 Å². The molecule has 1 fully saturated rings. The van der Waals surface area contributed by atoms with Gasteiger partial charge in [-0.1, -0.05) is 0 Å². The molecule has 5 heteroatoms. The SMILES string of the molecule is Nc1ccc2nnc(CC3CCOC3)n2c1. The van der Waals surface area contributed by atoms with Gasteiger partial charge in [-0.25, -0.2) is 0 Å². The van der Waals surface area contributed by atoms with Crippen LogP contribution in [0.5, 0.6) is 0 Å². The summed E-state index contributed by atoms with van der Waals surface area (Å²) in [5.74, 6) is 1.53. The van der Waals surface area contributed by atoms with Gasteiger partial charge >= 0.3 is 0 Å². The second-order valence-electron chi connectivity index (χ2n) is 4.24. The van der Waals surface area contributed by atoms with Gasteiger partial charge in [0, 0.05) is 31.5 Å². The Morgan fingerprint density at radius 2 is 2.38 bits per heavy atom. The lowest BCUT2D eigenvalue weighted by atomic mass is 10.1. The van der Waals surface area contributed by atoms with Crippen LogP contribution in [-0.4, -0.2) is 27.8 Å². The van der Waals surface area contributed by atoms with E-state index in [0.717, 1.165) is 43.2 Å². The van der Waals surface area contributed by atoms with Crippen LogP contribution in [0.1, 0.15) is 12.2 Å². The van der Waals surface area contributed by atoms with E-state index in [4.69, 9.17) is 10.5 Å². The highest BCUT2D eigenvalue weighted by molar-refractivity contribution is 5.47. The van der Waals surface area contributed by atoms with Crippen molar-refractivity contribution in [3.8, 4) is 0 Å². The summed E-state index contributed by atoms with van der Waals surface area (Å²) < 4.78 is 7.33. The second-order valence-corrected chi connectivity index (χ2v) is 4.24. The topological polar surface area (TPSA) is 65.4 Å². The molecule has 0 amide bonds. The molecule has 0 aromatic carbocycles. The summed E-state index contributed by atoms with van der Waals surface area (Å²) in [5.41, 5.74) is 7.34. The standard InChI is InChI=1S/C11H14N4O/c12-9-1-2-10-13-14-11(15(10)6-9)5-8-3-4-16-7-8/h1-2,6,8H,3-5,7,12H2. The van der Waals surface area contributed by atoms with E-state index in [-0.39, 0.29) is 0 Å². The number of aromatic nitrogens is 3. The minimum absolute atomic E-state index is 0.564. The quantitative estimate of drug-likeness (QED) is 0.813. The Hall–Kier alpha value is -1.62. The van der Waals surface area contributed by atoms with Crippen LogP contribution in [0.2, 0.25) is 0 Å². The maximum Gasteiger partial charge on any atom is 0.160 e. The Kier molecular flexibility index (Phi) is 2.25. The molecule has 0 spiro atoms. The molecule has 5 nitrogen and oxygen atoms in total. The van der Waals surface area contributed by atoms with Crippen molar-refractivity contribution < 1.29 is 4.74 Å². The van der Waals surface area contributed by atoms with Gasteiger partial charge in [0.1, 0.15) is 5.82 Å². The highest BCUT2D eigenvalue weighted by atomic mass is 16.5. The van der Waals surface area contributed by atoms with E-state index in [2.05, 4.69) is 10.2 Å². The Bertz CT molecular complexity index is 502. The summed E-state index contributed by atoms with van der Waals surface area (Å²) in [5, 5.41) is 8.32. The fraction of sp³-hybridized carbons (Fsp3) is 0.455. The van der Waals surface area contributed by atoms with E-state index in [0.29, 0.717) is 5.92 Å². The fourth-order valence-corrected chi connectivity index (χ4v) is 2.10. The van der Waals surface area contributed by atoms with Gasteiger partial charge in [0.2, 0.25) is 0 Å². The number of pyridine rings is 1. The molecular weight excluding hydrogens is 204 g/mol. The summed E-state index contributed by atoms with van der Waals surface area (Å²) in [4.78, 5) is 0. The lowest BCUT2D eigenvalue weighted by molar-refractivity contribution is 0.185. The summed E-state index contributed by atoms with van der Waals surface area (Å²) >= 11 is 0. The largest absolute Gasteiger partial charge is 0.398 e. The Balaban J connectivity index is 1.93. The smallest absolute Gasteiger partial charge is 0.160 e. The summed E-state index contributed by atoms with van der Waals surface area (Å²) in [7, 11) is 0. The first-order valence-electron chi connectivity index (χ1n) is 5.50. The number of nitrogens with zero attached hydrogens (tertiary/aromatic N) is 3. The monoisotopic (exact) mass is 218 g/mol. The molecule has 2 aromatic rings. The number of fused-ring (bicyclic) bond motifs is 1. The highest BCUT2D eigenvalue weighted by Gasteiger charge is 2.18. The van der Waals surface area contributed by atoms with Crippen LogP contribution in [0.15, 0.2) is 18.3 Å². The Morgan fingerprint density at radius 1 is 1.44 bits per heavy atom. The lowest BCUT2D eigenvalue weighted by Crippen LogP contribution is -2.07. The number of rotatable bonds is 2. The molecule has 0 aliphatic carbocycles. The molecule has 3 rings (SSSR count). The van der Waals surface area contributed by atoms with Gasteiger partial charge in [-0.3, -0.25) is 4.40 Å². The average Bonchev–Trinajstić information content (AvgIpc) is 2.90. The average molecular weight is 218 g/mol. The van der Waals surface area contributed by atoms with Crippen LogP contribution in [0.3, 0.4) is 0 Å². The van der Waals surface area contributed by atoms with Crippen LogP contribution in [0.4, 0.5) is 5.69 Å². The highest BCUT2D eigenvalue weighted by Crippen LogP contribution is 2.18. The zero-order valence-electron chi connectivity index (χ0n) is 8.97. The molecule has 1 saturated heterocycles. The van der Waals surface area contributed by atoms with E-state index in [1.165, 1.54) is 0 Å². The fourth-order valence-electron chi connectivity index (χ4n) is 2.10.